The molecule has 1 atom stereocenters. The number of hydrogen-bond acceptors (Lipinski definition) is 5. The molecule has 1 unspecified atom stereocenters. The Balaban J connectivity index is 2.07. The lowest BCUT2D eigenvalue weighted by Gasteiger charge is -2.09. The number of aromatic nitrogens is 2. The van der Waals surface area contributed by atoms with Crippen LogP contribution in [0.25, 0.3) is 0 Å². The number of hydrogen-bond donors (Lipinski definition) is 1. The molecule has 0 saturated carbocycles. The smallest absolute Gasteiger partial charge is 0.334 e. The summed E-state index contributed by atoms with van der Waals surface area (Å²) in [5.41, 5.74) is 0.634. The second-order valence-corrected chi connectivity index (χ2v) is 5.56. The normalized spacial score (nSPS) is 18.7. The Labute approximate surface area is 118 Å². The minimum Gasteiger partial charge on any atom is -0.381 e. The molecule has 1 aromatic rings. The van der Waals surface area contributed by atoms with E-state index in [9.17, 15) is 10.1 Å². The van der Waals surface area contributed by atoms with Gasteiger partial charge in [0.15, 0.2) is 0 Å². The second kappa shape index (κ2) is 6.21. The first-order valence-corrected chi connectivity index (χ1v) is 7.03. The van der Waals surface area contributed by atoms with Crippen LogP contribution in [0.1, 0.15) is 38.3 Å². The molecular weight excluding hydrogens is 260 g/mol. The summed E-state index contributed by atoms with van der Waals surface area (Å²) in [6, 6.07) is 0. The maximum absolute atomic E-state index is 11.3. The van der Waals surface area contributed by atoms with Crippen molar-refractivity contribution in [2.45, 2.75) is 32.6 Å². The number of rotatable bonds is 6. The largest absolute Gasteiger partial charge is 0.381 e. The summed E-state index contributed by atoms with van der Waals surface area (Å²) in [4.78, 5) is 10.9. The van der Waals surface area contributed by atoms with E-state index in [0.717, 1.165) is 26.1 Å². The van der Waals surface area contributed by atoms with E-state index in [0.29, 0.717) is 24.0 Å². The summed E-state index contributed by atoms with van der Waals surface area (Å²) in [5, 5.41) is 18.7. The van der Waals surface area contributed by atoms with Crippen molar-refractivity contribution in [3.05, 3.63) is 15.8 Å². The standard InChI is InChI=1S/C13H22N4O3/c1-9(2)11-12(17(18)19)13(16(3)15-11)14-6-4-10-5-7-20-8-10/h9-10,14H,4-8H2,1-3H3. The van der Waals surface area contributed by atoms with Crippen molar-refractivity contribution in [3.63, 3.8) is 0 Å². The fourth-order valence-electron chi connectivity index (χ4n) is 2.51. The Morgan fingerprint density at radius 1 is 1.60 bits per heavy atom. The summed E-state index contributed by atoms with van der Waals surface area (Å²) in [5.74, 6) is 1.08. The monoisotopic (exact) mass is 282 g/mol. The van der Waals surface area contributed by atoms with Gasteiger partial charge in [-0.1, -0.05) is 13.8 Å². The van der Waals surface area contributed by atoms with Gasteiger partial charge in [-0.25, -0.2) is 4.68 Å². The van der Waals surface area contributed by atoms with Crippen LogP contribution in [-0.2, 0) is 11.8 Å². The number of anilines is 1. The van der Waals surface area contributed by atoms with E-state index in [1.165, 1.54) is 0 Å². The first-order valence-electron chi connectivity index (χ1n) is 7.03. The first kappa shape index (κ1) is 14.8. The average Bonchev–Trinajstić information content (AvgIpc) is 2.98. The van der Waals surface area contributed by atoms with Gasteiger partial charge < -0.3 is 10.1 Å². The minimum absolute atomic E-state index is 0.0281. The van der Waals surface area contributed by atoms with Crippen LogP contribution in [-0.4, -0.2) is 34.5 Å². The summed E-state index contributed by atoms with van der Waals surface area (Å²) in [6.07, 6.45) is 2.03. The molecular formula is C13H22N4O3. The van der Waals surface area contributed by atoms with E-state index in [2.05, 4.69) is 10.4 Å². The van der Waals surface area contributed by atoms with E-state index in [1.54, 1.807) is 11.7 Å². The number of nitrogens with one attached hydrogen (secondary N) is 1. The molecule has 20 heavy (non-hydrogen) atoms. The lowest BCUT2D eigenvalue weighted by Crippen LogP contribution is -2.12. The van der Waals surface area contributed by atoms with Crippen LogP contribution in [0.5, 0.6) is 0 Å². The molecule has 7 nitrogen and oxygen atoms in total. The van der Waals surface area contributed by atoms with E-state index < -0.39 is 0 Å². The van der Waals surface area contributed by atoms with Crippen molar-refractivity contribution >= 4 is 11.5 Å². The van der Waals surface area contributed by atoms with Crippen LogP contribution in [0.2, 0.25) is 0 Å². The van der Waals surface area contributed by atoms with Crippen LogP contribution < -0.4 is 5.32 Å². The predicted molar refractivity (Wildman–Crippen MR) is 76.0 cm³/mol. The topological polar surface area (TPSA) is 82.2 Å². The molecule has 2 rings (SSSR count). The SMILES string of the molecule is CC(C)c1nn(C)c(NCCC2CCOC2)c1[N+](=O)[O-]. The average molecular weight is 282 g/mol. The van der Waals surface area contributed by atoms with Crippen LogP contribution in [0.15, 0.2) is 0 Å². The fraction of sp³-hybridized carbons (Fsp3) is 0.769. The molecule has 0 aromatic carbocycles. The van der Waals surface area contributed by atoms with Crippen molar-refractivity contribution in [2.75, 3.05) is 25.1 Å². The van der Waals surface area contributed by atoms with E-state index >= 15 is 0 Å². The Hall–Kier alpha value is -1.63. The molecule has 112 valence electrons. The highest BCUT2D eigenvalue weighted by Gasteiger charge is 2.28. The molecule has 1 aliphatic heterocycles. The van der Waals surface area contributed by atoms with Gasteiger partial charge in [0.1, 0.15) is 5.69 Å². The molecule has 0 bridgehead atoms. The van der Waals surface area contributed by atoms with E-state index in [1.807, 2.05) is 13.8 Å². The predicted octanol–water partition coefficient (Wildman–Crippen LogP) is 2.29. The Kier molecular flexibility index (Phi) is 4.59. The Morgan fingerprint density at radius 2 is 2.35 bits per heavy atom. The molecule has 1 saturated heterocycles. The van der Waals surface area contributed by atoms with E-state index in [4.69, 9.17) is 4.74 Å². The molecule has 0 aliphatic carbocycles. The van der Waals surface area contributed by atoms with Gasteiger partial charge in [-0.05, 0) is 18.8 Å². The zero-order valence-electron chi connectivity index (χ0n) is 12.3. The first-order chi connectivity index (χ1) is 9.50. The molecule has 0 radical (unpaired) electrons. The summed E-state index contributed by atoms with van der Waals surface area (Å²) in [7, 11) is 1.74. The van der Waals surface area contributed by atoms with Gasteiger partial charge in [-0.2, -0.15) is 5.10 Å². The number of nitrogens with zero attached hydrogens (tertiary/aromatic N) is 3. The minimum atomic E-state index is -0.344. The third-order valence-corrected chi connectivity index (χ3v) is 3.65. The highest BCUT2D eigenvalue weighted by molar-refractivity contribution is 5.60. The fourth-order valence-corrected chi connectivity index (χ4v) is 2.51. The molecule has 0 amide bonds. The van der Waals surface area contributed by atoms with E-state index in [-0.39, 0.29) is 16.5 Å². The van der Waals surface area contributed by atoms with Crippen LogP contribution in [0, 0.1) is 16.0 Å². The third-order valence-electron chi connectivity index (χ3n) is 3.65. The Morgan fingerprint density at radius 3 is 2.90 bits per heavy atom. The molecule has 1 aliphatic rings. The number of ether oxygens (including phenoxy) is 1. The van der Waals surface area contributed by atoms with Gasteiger partial charge in [0.05, 0.1) is 4.92 Å². The molecule has 1 aromatic heterocycles. The molecule has 1 N–H and O–H groups in total. The van der Waals surface area contributed by atoms with Crippen molar-refractivity contribution in [2.24, 2.45) is 13.0 Å². The quantitative estimate of drug-likeness (QED) is 0.639. The second-order valence-electron chi connectivity index (χ2n) is 5.56. The summed E-state index contributed by atoms with van der Waals surface area (Å²) in [6.45, 7) is 6.15. The molecule has 1 fully saturated rings. The van der Waals surface area contributed by atoms with Gasteiger partial charge in [0.2, 0.25) is 5.82 Å². The van der Waals surface area contributed by atoms with Crippen LogP contribution >= 0.6 is 0 Å². The van der Waals surface area contributed by atoms with Crippen molar-refractivity contribution < 1.29 is 9.66 Å². The maximum atomic E-state index is 11.3. The van der Waals surface area contributed by atoms with Crippen LogP contribution in [0.3, 0.4) is 0 Å². The zero-order valence-corrected chi connectivity index (χ0v) is 12.3. The summed E-state index contributed by atoms with van der Waals surface area (Å²) >= 11 is 0. The molecule has 2 heterocycles. The highest BCUT2D eigenvalue weighted by Crippen LogP contribution is 2.32. The van der Waals surface area contributed by atoms with Gasteiger partial charge in [-0.3, -0.25) is 10.1 Å². The van der Waals surface area contributed by atoms with Crippen molar-refractivity contribution in [1.29, 1.82) is 0 Å². The number of aryl methyl sites for hydroxylation is 1. The highest BCUT2D eigenvalue weighted by atomic mass is 16.6. The summed E-state index contributed by atoms with van der Waals surface area (Å²) < 4.78 is 6.90. The van der Waals surface area contributed by atoms with Gasteiger partial charge >= 0.3 is 5.69 Å². The number of nitro groups is 1. The maximum Gasteiger partial charge on any atom is 0.334 e. The molecule has 7 heteroatoms. The van der Waals surface area contributed by atoms with Gasteiger partial charge in [-0.15, -0.1) is 0 Å². The third kappa shape index (κ3) is 3.09. The van der Waals surface area contributed by atoms with Gasteiger partial charge in [0.25, 0.3) is 0 Å². The van der Waals surface area contributed by atoms with Crippen LogP contribution in [0.4, 0.5) is 11.5 Å². The zero-order chi connectivity index (χ0) is 14.7. The lowest BCUT2D eigenvalue weighted by molar-refractivity contribution is -0.384. The Bertz CT molecular complexity index is 478. The lowest BCUT2D eigenvalue weighted by atomic mass is 10.1. The molecule has 0 spiro atoms. The van der Waals surface area contributed by atoms with Crippen molar-refractivity contribution in [1.82, 2.24) is 9.78 Å². The van der Waals surface area contributed by atoms with Crippen molar-refractivity contribution in [3.8, 4) is 0 Å². The van der Waals surface area contributed by atoms with Gasteiger partial charge in [0, 0.05) is 32.7 Å².